The van der Waals surface area contributed by atoms with Gasteiger partial charge in [0.25, 0.3) is 50.0 Å². The molecule has 0 aliphatic carbocycles. The molecule has 1 aliphatic heterocycles. The maximum Gasteiger partial charge on any atom is 0.286 e. The molecular weight excluding hydrogens is 365 g/mol. The van der Waals surface area contributed by atoms with Gasteiger partial charge in [0.15, 0.2) is 0 Å². The largest absolute Gasteiger partial charge is 0.425 e. The molecule has 0 atom stereocenters. The van der Waals surface area contributed by atoms with Crippen LogP contribution >= 0.6 is 0 Å². The summed E-state index contributed by atoms with van der Waals surface area (Å²) >= 11 is 0. The summed E-state index contributed by atoms with van der Waals surface area (Å²) in [5.74, 6) is 0. The molecule has 2 aromatic rings. The van der Waals surface area contributed by atoms with Crippen LogP contribution in [0.2, 0.25) is 0 Å². The summed E-state index contributed by atoms with van der Waals surface area (Å²) < 4.78 is 25.8. The third kappa shape index (κ3) is 7.55. The molecule has 2 aromatic carbocycles. The van der Waals surface area contributed by atoms with Gasteiger partial charge in [0.2, 0.25) is 0 Å². The van der Waals surface area contributed by atoms with Crippen LogP contribution in [0, 0.1) is 0 Å². The Morgan fingerprint density at radius 2 is 0.682 bits per heavy atom. The van der Waals surface area contributed by atoms with Crippen LogP contribution in [0.5, 0.6) is 0 Å². The molecule has 10 heteroatoms. The third-order valence-electron chi connectivity index (χ3n) is 2.71. The summed E-state index contributed by atoms with van der Waals surface area (Å²) in [6.45, 7) is 0. The van der Waals surface area contributed by atoms with Crippen LogP contribution < -0.4 is 0 Å². The van der Waals surface area contributed by atoms with Gasteiger partial charge in [-0.25, -0.2) is 0 Å². The molecule has 0 spiro atoms. The first-order valence-electron chi connectivity index (χ1n) is 6.96. The average Bonchev–Trinajstić information content (AvgIpc) is 2.62. The molecule has 3 rings (SSSR count). The Bertz CT molecular complexity index is 433. The van der Waals surface area contributed by atoms with E-state index in [1.54, 1.807) is 0 Å². The van der Waals surface area contributed by atoms with Crippen LogP contribution in [0.25, 0.3) is 11.1 Å². The van der Waals surface area contributed by atoms with Crippen molar-refractivity contribution >= 4 is 50.0 Å². The topological polar surface area (TPSA) is 46.2 Å². The van der Waals surface area contributed by atoms with Crippen molar-refractivity contribution in [1.29, 1.82) is 0 Å². The molecule has 22 heavy (non-hydrogen) atoms. The van der Waals surface area contributed by atoms with Gasteiger partial charge in [-0.2, -0.15) is 0 Å². The van der Waals surface area contributed by atoms with Crippen LogP contribution in [0.15, 0.2) is 60.7 Å². The summed E-state index contributed by atoms with van der Waals surface area (Å²) in [4.78, 5) is 0. The van der Waals surface area contributed by atoms with Gasteiger partial charge < -0.3 is 20.6 Å². The summed E-state index contributed by atoms with van der Waals surface area (Å²) in [6.07, 6.45) is 0. The normalized spacial score (nSPS) is 21.6. The first-order valence-corrected chi connectivity index (χ1v) is 12.7. The molecule has 0 unspecified atom stereocenters. The fraction of sp³-hybridized carbons (Fsp3) is 0. The molecule has 1 saturated heterocycles. The molecule has 0 N–H and O–H groups in total. The molecule has 1 aliphatic rings. The van der Waals surface area contributed by atoms with Gasteiger partial charge in [-0.05, 0) is 11.1 Å². The molecule has 0 radical (unpaired) electrons. The number of hydrogen-bond donors (Lipinski definition) is 0. The van der Waals surface area contributed by atoms with Crippen molar-refractivity contribution in [3.8, 4) is 11.1 Å². The Morgan fingerprint density at radius 3 is 0.955 bits per heavy atom. The zero-order valence-electron chi connectivity index (χ0n) is 12.4. The zero-order chi connectivity index (χ0) is 15.3. The SMILES string of the molecule is O1[SiH2]O[SiH2]O[SiH2]O[SiH2]O[SiH2]1.c1ccc(-c2ccccc2)cc1. The zero-order valence-corrected chi connectivity index (χ0v) is 19.4. The molecule has 1 heterocycles. The van der Waals surface area contributed by atoms with E-state index in [0.29, 0.717) is 0 Å². The lowest BCUT2D eigenvalue weighted by Crippen LogP contribution is -2.23. The first kappa shape index (κ1) is 17.7. The van der Waals surface area contributed by atoms with E-state index in [1.165, 1.54) is 11.1 Å². The van der Waals surface area contributed by atoms with Gasteiger partial charge in [0.1, 0.15) is 0 Å². The highest BCUT2D eigenvalue weighted by Crippen LogP contribution is 2.17. The second-order valence-electron chi connectivity index (χ2n) is 4.34. The molecule has 118 valence electrons. The van der Waals surface area contributed by atoms with E-state index in [4.69, 9.17) is 20.6 Å². The van der Waals surface area contributed by atoms with Crippen LogP contribution in [0.4, 0.5) is 0 Å². The van der Waals surface area contributed by atoms with Gasteiger partial charge >= 0.3 is 0 Å². The molecular formula is C12H20O5Si5. The maximum absolute atomic E-state index is 5.17. The second kappa shape index (κ2) is 11.8. The highest BCUT2D eigenvalue weighted by atomic mass is 28.4. The average molecular weight is 385 g/mol. The highest BCUT2D eigenvalue weighted by Gasteiger charge is 1.97. The Morgan fingerprint density at radius 1 is 0.409 bits per heavy atom. The van der Waals surface area contributed by atoms with Crippen molar-refractivity contribution in [2.24, 2.45) is 0 Å². The Hall–Kier alpha value is -0.676. The van der Waals surface area contributed by atoms with E-state index >= 15 is 0 Å². The highest BCUT2D eigenvalue weighted by molar-refractivity contribution is 6.50. The van der Waals surface area contributed by atoms with Gasteiger partial charge in [0, 0.05) is 0 Å². The van der Waals surface area contributed by atoms with Crippen molar-refractivity contribution in [2.75, 3.05) is 0 Å². The fourth-order valence-corrected chi connectivity index (χ4v) is 10.7. The minimum Gasteiger partial charge on any atom is -0.425 e. The lowest BCUT2D eigenvalue weighted by atomic mass is 10.1. The quantitative estimate of drug-likeness (QED) is 0.556. The molecule has 0 saturated carbocycles. The lowest BCUT2D eigenvalue weighted by Gasteiger charge is -2.10. The summed E-state index contributed by atoms with van der Waals surface area (Å²) in [5, 5.41) is 0. The lowest BCUT2D eigenvalue weighted by molar-refractivity contribution is 0.347. The van der Waals surface area contributed by atoms with Gasteiger partial charge in [-0.3, -0.25) is 0 Å². The van der Waals surface area contributed by atoms with E-state index in [-0.39, 0.29) is 0 Å². The molecule has 0 bridgehead atoms. The van der Waals surface area contributed by atoms with Gasteiger partial charge in [-0.15, -0.1) is 0 Å². The minimum absolute atomic E-state index is 0.724. The van der Waals surface area contributed by atoms with E-state index in [1.807, 2.05) is 12.1 Å². The Labute approximate surface area is 142 Å². The summed E-state index contributed by atoms with van der Waals surface area (Å²) in [5.41, 5.74) is 2.55. The first-order chi connectivity index (χ1) is 11.0. The van der Waals surface area contributed by atoms with Gasteiger partial charge in [-0.1, -0.05) is 60.7 Å². The Kier molecular flexibility index (Phi) is 9.51. The predicted molar refractivity (Wildman–Crippen MR) is 100 cm³/mol. The number of benzene rings is 2. The van der Waals surface area contributed by atoms with E-state index < -0.39 is 50.0 Å². The second-order valence-corrected chi connectivity index (χ2v) is 13.7. The molecule has 1 fully saturated rings. The summed E-state index contributed by atoms with van der Waals surface area (Å²) in [6, 6.07) is 20.8. The van der Waals surface area contributed by atoms with E-state index in [2.05, 4.69) is 48.5 Å². The van der Waals surface area contributed by atoms with Gasteiger partial charge in [0.05, 0.1) is 0 Å². The van der Waals surface area contributed by atoms with Crippen molar-refractivity contribution in [2.45, 2.75) is 0 Å². The van der Waals surface area contributed by atoms with Crippen LogP contribution in [0.3, 0.4) is 0 Å². The fourth-order valence-electron chi connectivity index (χ4n) is 1.73. The Balaban J connectivity index is 0.000000164. The predicted octanol–water partition coefficient (Wildman–Crippen LogP) is -1.57. The standard InChI is InChI=1S/C12H10.H10O5Si5/c1-3-7-11(8-4-1)12-9-5-2-6-10-12;1-6-2-8-4-10-5-9-3-7-1/h1-10H;6-10H2. The van der Waals surface area contributed by atoms with E-state index in [0.717, 1.165) is 0 Å². The van der Waals surface area contributed by atoms with Crippen LogP contribution in [-0.2, 0) is 20.6 Å². The summed E-state index contributed by atoms with van der Waals surface area (Å²) in [7, 11) is -3.62. The van der Waals surface area contributed by atoms with Crippen LogP contribution in [-0.4, -0.2) is 50.0 Å². The third-order valence-corrected chi connectivity index (χ3v) is 9.38. The van der Waals surface area contributed by atoms with Crippen molar-refractivity contribution in [3.63, 3.8) is 0 Å². The molecule has 5 nitrogen and oxygen atoms in total. The molecule has 0 amide bonds. The minimum atomic E-state index is -0.724. The number of hydrogen-bond acceptors (Lipinski definition) is 5. The van der Waals surface area contributed by atoms with E-state index in [9.17, 15) is 0 Å². The van der Waals surface area contributed by atoms with Crippen LogP contribution in [0.1, 0.15) is 0 Å². The monoisotopic (exact) mass is 384 g/mol. The van der Waals surface area contributed by atoms with Crippen molar-refractivity contribution < 1.29 is 20.6 Å². The van der Waals surface area contributed by atoms with Crippen molar-refractivity contribution in [1.82, 2.24) is 0 Å². The smallest absolute Gasteiger partial charge is 0.286 e. The number of rotatable bonds is 1. The molecule has 0 aromatic heterocycles. The maximum atomic E-state index is 5.17. The van der Waals surface area contributed by atoms with Crippen molar-refractivity contribution in [3.05, 3.63) is 60.7 Å².